The number of esters is 1. The van der Waals surface area contributed by atoms with Crippen LogP contribution in [-0.2, 0) is 16.1 Å². The smallest absolute Gasteiger partial charge is 0.320 e. The summed E-state index contributed by atoms with van der Waals surface area (Å²) in [6.07, 6.45) is 0. The standard InChI is InChI=1S/C15H19NO2S/c1-3-16(10-15(17)18-4-2)9-12-11-19-14-8-6-5-7-13(12)14/h5-8,11H,3-4,9-10H2,1-2H3. The van der Waals surface area contributed by atoms with Crippen LogP contribution in [0.1, 0.15) is 19.4 Å². The van der Waals surface area contributed by atoms with E-state index < -0.39 is 0 Å². The number of fused-ring (bicyclic) bond motifs is 1. The maximum absolute atomic E-state index is 11.5. The lowest BCUT2D eigenvalue weighted by atomic mass is 10.1. The molecule has 0 saturated heterocycles. The van der Waals surface area contributed by atoms with Gasteiger partial charge in [0.2, 0.25) is 0 Å². The Morgan fingerprint density at radius 1 is 1.32 bits per heavy atom. The van der Waals surface area contributed by atoms with Gasteiger partial charge in [-0.25, -0.2) is 0 Å². The molecule has 0 bridgehead atoms. The second-order valence-electron chi connectivity index (χ2n) is 4.37. The lowest BCUT2D eigenvalue weighted by molar-refractivity contribution is -0.144. The van der Waals surface area contributed by atoms with Gasteiger partial charge in [0.25, 0.3) is 0 Å². The zero-order valence-electron chi connectivity index (χ0n) is 11.4. The van der Waals surface area contributed by atoms with Crippen LogP contribution in [-0.4, -0.2) is 30.6 Å². The molecule has 2 aromatic rings. The fraction of sp³-hybridized carbons (Fsp3) is 0.400. The van der Waals surface area contributed by atoms with Gasteiger partial charge in [-0.05, 0) is 35.9 Å². The van der Waals surface area contributed by atoms with Crippen LogP contribution in [0.15, 0.2) is 29.6 Å². The van der Waals surface area contributed by atoms with E-state index in [1.165, 1.54) is 15.6 Å². The summed E-state index contributed by atoms with van der Waals surface area (Å²) in [6.45, 7) is 6.32. The van der Waals surface area contributed by atoms with Gasteiger partial charge in [0, 0.05) is 11.2 Å². The average Bonchev–Trinajstić information content (AvgIpc) is 2.82. The highest BCUT2D eigenvalue weighted by Crippen LogP contribution is 2.26. The average molecular weight is 277 g/mol. The Labute approximate surface area is 117 Å². The Hall–Kier alpha value is -1.39. The van der Waals surface area contributed by atoms with Gasteiger partial charge >= 0.3 is 5.97 Å². The summed E-state index contributed by atoms with van der Waals surface area (Å²) in [6, 6.07) is 8.38. The van der Waals surface area contributed by atoms with Crippen molar-refractivity contribution in [1.29, 1.82) is 0 Å². The van der Waals surface area contributed by atoms with E-state index in [9.17, 15) is 4.79 Å². The summed E-state index contributed by atoms with van der Waals surface area (Å²) in [5, 5.41) is 3.47. The molecule has 4 heteroatoms. The van der Waals surface area contributed by atoms with Crippen LogP contribution in [0.4, 0.5) is 0 Å². The number of likely N-dealkylation sites (N-methyl/N-ethyl adjacent to an activating group) is 1. The molecule has 0 unspecified atom stereocenters. The van der Waals surface area contributed by atoms with Crippen molar-refractivity contribution in [3.63, 3.8) is 0 Å². The molecule has 1 heterocycles. The van der Waals surface area contributed by atoms with Gasteiger partial charge in [0.15, 0.2) is 0 Å². The minimum Gasteiger partial charge on any atom is -0.465 e. The Morgan fingerprint density at radius 3 is 2.84 bits per heavy atom. The lowest BCUT2D eigenvalue weighted by Crippen LogP contribution is -2.30. The molecule has 0 fully saturated rings. The summed E-state index contributed by atoms with van der Waals surface area (Å²) in [4.78, 5) is 13.6. The first-order chi connectivity index (χ1) is 9.24. The highest BCUT2D eigenvalue weighted by Gasteiger charge is 2.12. The molecule has 0 aliphatic heterocycles. The number of rotatable bonds is 6. The summed E-state index contributed by atoms with van der Waals surface area (Å²) < 4.78 is 6.30. The van der Waals surface area contributed by atoms with Crippen LogP contribution < -0.4 is 0 Å². The number of carbonyl (C=O) groups is 1. The minimum atomic E-state index is -0.149. The Balaban J connectivity index is 2.07. The Morgan fingerprint density at radius 2 is 2.11 bits per heavy atom. The number of ether oxygens (including phenoxy) is 1. The Kier molecular flexibility index (Phi) is 4.93. The van der Waals surface area contributed by atoms with Crippen LogP contribution >= 0.6 is 11.3 Å². The zero-order valence-corrected chi connectivity index (χ0v) is 12.2. The number of carbonyl (C=O) groups excluding carboxylic acids is 1. The topological polar surface area (TPSA) is 29.5 Å². The number of benzene rings is 1. The highest BCUT2D eigenvalue weighted by molar-refractivity contribution is 7.17. The molecule has 0 aliphatic rings. The highest BCUT2D eigenvalue weighted by atomic mass is 32.1. The molecular formula is C15H19NO2S. The molecule has 19 heavy (non-hydrogen) atoms. The number of thiophene rings is 1. The third kappa shape index (κ3) is 3.55. The third-order valence-corrected chi connectivity index (χ3v) is 4.07. The zero-order chi connectivity index (χ0) is 13.7. The molecule has 0 amide bonds. The summed E-state index contributed by atoms with van der Waals surface area (Å²) in [5.41, 5.74) is 1.28. The number of hydrogen-bond donors (Lipinski definition) is 0. The van der Waals surface area contributed by atoms with Gasteiger partial charge in [-0.15, -0.1) is 11.3 Å². The lowest BCUT2D eigenvalue weighted by Gasteiger charge is -2.18. The number of nitrogens with zero attached hydrogens (tertiary/aromatic N) is 1. The molecule has 102 valence electrons. The van der Waals surface area contributed by atoms with Gasteiger partial charge in [0.05, 0.1) is 13.2 Å². The van der Waals surface area contributed by atoms with Crippen LogP contribution in [0.25, 0.3) is 10.1 Å². The van der Waals surface area contributed by atoms with Crippen LogP contribution in [0.2, 0.25) is 0 Å². The molecule has 0 atom stereocenters. The second kappa shape index (κ2) is 6.68. The van der Waals surface area contributed by atoms with E-state index in [1.54, 1.807) is 11.3 Å². The minimum absolute atomic E-state index is 0.149. The van der Waals surface area contributed by atoms with Gasteiger partial charge < -0.3 is 4.74 Å². The van der Waals surface area contributed by atoms with Crippen molar-refractivity contribution in [2.75, 3.05) is 19.7 Å². The molecule has 1 aromatic carbocycles. The summed E-state index contributed by atoms with van der Waals surface area (Å²) in [7, 11) is 0. The van der Waals surface area contributed by atoms with Gasteiger partial charge in [-0.1, -0.05) is 25.1 Å². The fourth-order valence-electron chi connectivity index (χ4n) is 2.06. The van der Waals surface area contributed by atoms with E-state index in [2.05, 4.69) is 41.5 Å². The van der Waals surface area contributed by atoms with Gasteiger partial charge in [-0.3, -0.25) is 9.69 Å². The summed E-state index contributed by atoms with van der Waals surface area (Å²) >= 11 is 1.75. The molecule has 2 rings (SSSR count). The van der Waals surface area contributed by atoms with E-state index in [-0.39, 0.29) is 5.97 Å². The predicted molar refractivity (Wildman–Crippen MR) is 79.4 cm³/mol. The van der Waals surface area contributed by atoms with Gasteiger partial charge in [0.1, 0.15) is 0 Å². The first-order valence-electron chi connectivity index (χ1n) is 6.57. The van der Waals surface area contributed by atoms with Crippen molar-refractivity contribution < 1.29 is 9.53 Å². The van der Waals surface area contributed by atoms with Crippen LogP contribution in [0.3, 0.4) is 0 Å². The van der Waals surface area contributed by atoms with E-state index in [0.717, 1.165) is 13.1 Å². The van der Waals surface area contributed by atoms with E-state index in [0.29, 0.717) is 13.2 Å². The van der Waals surface area contributed by atoms with Crippen molar-refractivity contribution in [3.05, 3.63) is 35.2 Å². The van der Waals surface area contributed by atoms with Crippen LogP contribution in [0, 0.1) is 0 Å². The maximum atomic E-state index is 11.5. The van der Waals surface area contributed by atoms with E-state index in [4.69, 9.17) is 4.74 Å². The molecule has 0 aliphatic carbocycles. The van der Waals surface area contributed by atoms with Crippen molar-refractivity contribution in [2.45, 2.75) is 20.4 Å². The second-order valence-corrected chi connectivity index (χ2v) is 5.28. The third-order valence-electron chi connectivity index (χ3n) is 3.06. The molecule has 0 spiro atoms. The van der Waals surface area contributed by atoms with Crippen molar-refractivity contribution in [1.82, 2.24) is 4.90 Å². The quantitative estimate of drug-likeness (QED) is 0.759. The first kappa shape index (κ1) is 14.0. The molecule has 0 radical (unpaired) electrons. The monoisotopic (exact) mass is 277 g/mol. The van der Waals surface area contributed by atoms with E-state index >= 15 is 0 Å². The van der Waals surface area contributed by atoms with Crippen molar-refractivity contribution in [2.24, 2.45) is 0 Å². The molecule has 1 aromatic heterocycles. The fourth-order valence-corrected chi connectivity index (χ4v) is 3.02. The molecular weight excluding hydrogens is 258 g/mol. The number of hydrogen-bond acceptors (Lipinski definition) is 4. The predicted octanol–water partition coefficient (Wildman–Crippen LogP) is 3.29. The molecule has 3 nitrogen and oxygen atoms in total. The SMILES string of the molecule is CCOC(=O)CN(CC)Cc1csc2ccccc12. The molecule has 0 saturated carbocycles. The van der Waals surface area contributed by atoms with E-state index in [1.807, 2.05) is 6.92 Å². The normalized spacial score (nSPS) is 11.1. The van der Waals surface area contributed by atoms with Crippen LogP contribution in [0.5, 0.6) is 0 Å². The Bertz CT molecular complexity index is 550. The van der Waals surface area contributed by atoms with Gasteiger partial charge in [-0.2, -0.15) is 0 Å². The van der Waals surface area contributed by atoms with Crippen molar-refractivity contribution >= 4 is 27.4 Å². The molecule has 0 N–H and O–H groups in total. The largest absolute Gasteiger partial charge is 0.465 e. The van der Waals surface area contributed by atoms with Crippen molar-refractivity contribution in [3.8, 4) is 0 Å². The summed E-state index contributed by atoms with van der Waals surface area (Å²) in [5.74, 6) is -0.149. The first-order valence-corrected chi connectivity index (χ1v) is 7.45. The maximum Gasteiger partial charge on any atom is 0.320 e.